The van der Waals surface area contributed by atoms with Crippen LogP contribution in [0.25, 0.3) is 0 Å². The van der Waals surface area contributed by atoms with Crippen LogP contribution in [0.5, 0.6) is 0 Å². The molecule has 1 unspecified atom stereocenters. The number of hydrogen-bond acceptors (Lipinski definition) is 3. The standard InChI is InChI=1S/C14H19F2N3S/c1-10(14(17)20)19-6-4-18(5-7-19)9-11-2-3-12(15)8-13(11)16/h2-3,8,10H,4-7,9H2,1H3,(H2,17,20). The van der Waals surface area contributed by atoms with E-state index < -0.39 is 11.6 Å². The van der Waals surface area contributed by atoms with Crippen LogP contribution in [0.15, 0.2) is 18.2 Å². The first-order valence-electron chi connectivity index (χ1n) is 6.67. The van der Waals surface area contributed by atoms with Crippen LogP contribution >= 0.6 is 12.2 Å². The lowest BCUT2D eigenvalue weighted by molar-refractivity contribution is 0.117. The highest BCUT2D eigenvalue weighted by molar-refractivity contribution is 7.80. The molecule has 2 N–H and O–H groups in total. The van der Waals surface area contributed by atoms with E-state index in [9.17, 15) is 8.78 Å². The van der Waals surface area contributed by atoms with Crippen LogP contribution in [0.2, 0.25) is 0 Å². The van der Waals surface area contributed by atoms with E-state index in [4.69, 9.17) is 18.0 Å². The number of benzene rings is 1. The molecule has 1 aliphatic rings. The molecule has 0 radical (unpaired) electrons. The number of halogens is 2. The van der Waals surface area contributed by atoms with E-state index in [1.54, 1.807) is 0 Å². The van der Waals surface area contributed by atoms with Crippen LogP contribution in [0.1, 0.15) is 12.5 Å². The molecule has 1 heterocycles. The molecule has 1 aromatic carbocycles. The van der Waals surface area contributed by atoms with Gasteiger partial charge in [0.1, 0.15) is 11.6 Å². The third-order valence-corrected chi connectivity index (χ3v) is 4.12. The van der Waals surface area contributed by atoms with Gasteiger partial charge in [0, 0.05) is 44.4 Å². The van der Waals surface area contributed by atoms with E-state index in [1.165, 1.54) is 12.1 Å². The van der Waals surface area contributed by atoms with Crippen molar-refractivity contribution in [1.82, 2.24) is 9.80 Å². The average Bonchev–Trinajstić information content (AvgIpc) is 2.42. The lowest BCUT2D eigenvalue weighted by Crippen LogP contribution is -2.52. The van der Waals surface area contributed by atoms with Gasteiger partial charge < -0.3 is 5.73 Å². The van der Waals surface area contributed by atoms with Crippen LogP contribution < -0.4 is 5.73 Å². The fourth-order valence-electron chi connectivity index (χ4n) is 2.38. The molecule has 2 rings (SSSR count). The number of thiocarbonyl (C=S) groups is 1. The molecule has 0 amide bonds. The number of rotatable bonds is 4. The minimum atomic E-state index is -0.540. The van der Waals surface area contributed by atoms with Gasteiger partial charge >= 0.3 is 0 Å². The quantitative estimate of drug-likeness (QED) is 0.859. The molecular weight excluding hydrogens is 280 g/mol. The Balaban J connectivity index is 1.90. The highest BCUT2D eigenvalue weighted by Gasteiger charge is 2.22. The SMILES string of the molecule is CC(C(N)=S)N1CCN(Cc2ccc(F)cc2F)CC1. The van der Waals surface area contributed by atoms with Gasteiger partial charge in [-0.15, -0.1) is 0 Å². The third kappa shape index (κ3) is 3.71. The Morgan fingerprint density at radius 1 is 1.30 bits per heavy atom. The van der Waals surface area contributed by atoms with Crippen molar-refractivity contribution in [2.75, 3.05) is 26.2 Å². The Labute approximate surface area is 123 Å². The normalized spacial score (nSPS) is 18.9. The van der Waals surface area contributed by atoms with Gasteiger partial charge in [0.15, 0.2) is 0 Å². The van der Waals surface area contributed by atoms with Crippen molar-refractivity contribution >= 4 is 17.2 Å². The Morgan fingerprint density at radius 3 is 2.50 bits per heavy atom. The zero-order chi connectivity index (χ0) is 14.7. The van der Waals surface area contributed by atoms with Gasteiger partial charge in [-0.1, -0.05) is 18.3 Å². The second-order valence-corrected chi connectivity index (χ2v) is 5.60. The maximum Gasteiger partial charge on any atom is 0.130 e. The molecule has 0 spiro atoms. The van der Waals surface area contributed by atoms with Crippen LogP contribution in [-0.4, -0.2) is 47.0 Å². The first kappa shape index (κ1) is 15.3. The molecule has 20 heavy (non-hydrogen) atoms. The molecule has 1 aromatic rings. The van der Waals surface area contributed by atoms with E-state index in [-0.39, 0.29) is 6.04 Å². The Hall–Kier alpha value is -1.11. The topological polar surface area (TPSA) is 32.5 Å². The largest absolute Gasteiger partial charge is 0.392 e. The number of nitrogens with two attached hydrogens (primary N) is 1. The summed E-state index contributed by atoms with van der Waals surface area (Å²) in [5.74, 6) is -1.02. The number of piperazine rings is 1. The summed E-state index contributed by atoms with van der Waals surface area (Å²) < 4.78 is 26.5. The molecule has 0 saturated carbocycles. The maximum absolute atomic E-state index is 13.6. The summed E-state index contributed by atoms with van der Waals surface area (Å²) in [4.78, 5) is 4.88. The lowest BCUT2D eigenvalue weighted by atomic mass is 10.1. The monoisotopic (exact) mass is 299 g/mol. The van der Waals surface area contributed by atoms with E-state index in [0.717, 1.165) is 32.2 Å². The summed E-state index contributed by atoms with van der Waals surface area (Å²) in [5, 5.41) is 0. The van der Waals surface area contributed by atoms with Crippen molar-refractivity contribution in [1.29, 1.82) is 0 Å². The van der Waals surface area contributed by atoms with Crippen molar-refractivity contribution in [3.8, 4) is 0 Å². The van der Waals surface area contributed by atoms with Gasteiger partial charge in [0.05, 0.1) is 11.0 Å². The zero-order valence-corrected chi connectivity index (χ0v) is 12.3. The molecule has 110 valence electrons. The molecule has 1 aliphatic heterocycles. The van der Waals surface area contributed by atoms with Crippen LogP contribution in [-0.2, 0) is 6.54 Å². The first-order chi connectivity index (χ1) is 9.47. The first-order valence-corrected chi connectivity index (χ1v) is 7.08. The second kappa shape index (κ2) is 6.56. The highest BCUT2D eigenvalue weighted by Crippen LogP contribution is 2.14. The molecular formula is C14H19F2N3S. The van der Waals surface area contributed by atoms with Gasteiger partial charge in [-0.2, -0.15) is 0 Å². The van der Waals surface area contributed by atoms with Crippen molar-refractivity contribution < 1.29 is 8.78 Å². The van der Waals surface area contributed by atoms with Crippen molar-refractivity contribution in [2.45, 2.75) is 19.5 Å². The minimum absolute atomic E-state index is 0.0923. The number of hydrogen-bond donors (Lipinski definition) is 1. The molecule has 1 saturated heterocycles. The van der Waals surface area contributed by atoms with Crippen molar-refractivity contribution in [3.05, 3.63) is 35.4 Å². The van der Waals surface area contributed by atoms with Crippen LogP contribution in [0.3, 0.4) is 0 Å². The average molecular weight is 299 g/mol. The molecule has 0 bridgehead atoms. The molecule has 0 aromatic heterocycles. The fourth-order valence-corrected chi connectivity index (χ4v) is 2.53. The molecule has 3 nitrogen and oxygen atoms in total. The predicted octanol–water partition coefficient (Wildman–Crippen LogP) is 1.76. The highest BCUT2D eigenvalue weighted by atomic mass is 32.1. The summed E-state index contributed by atoms with van der Waals surface area (Å²) >= 11 is 5.00. The second-order valence-electron chi connectivity index (χ2n) is 5.13. The van der Waals surface area contributed by atoms with Crippen LogP contribution in [0, 0.1) is 11.6 Å². The third-order valence-electron chi connectivity index (χ3n) is 3.78. The van der Waals surface area contributed by atoms with E-state index in [1.807, 2.05) is 6.92 Å². The molecule has 6 heteroatoms. The minimum Gasteiger partial charge on any atom is -0.392 e. The lowest BCUT2D eigenvalue weighted by Gasteiger charge is -2.37. The Morgan fingerprint density at radius 2 is 1.95 bits per heavy atom. The number of nitrogens with zero attached hydrogens (tertiary/aromatic N) is 2. The van der Waals surface area contributed by atoms with Gasteiger partial charge in [-0.3, -0.25) is 9.80 Å². The summed E-state index contributed by atoms with van der Waals surface area (Å²) in [7, 11) is 0. The van der Waals surface area contributed by atoms with Crippen molar-refractivity contribution in [2.24, 2.45) is 5.73 Å². The van der Waals surface area contributed by atoms with E-state index in [0.29, 0.717) is 17.1 Å². The summed E-state index contributed by atoms with van der Waals surface area (Å²) in [6.07, 6.45) is 0. The Bertz CT molecular complexity index is 487. The van der Waals surface area contributed by atoms with Gasteiger partial charge in [-0.25, -0.2) is 8.78 Å². The smallest absolute Gasteiger partial charge is 0.130 e. The van der Waals surface area contributed by atoms with Crippen molar-refractivity contribution in [3.63, 3.8) is 0 Å². The Kier molecular flexibility index (Phi) is 5.01. The molecule has 1 atom stereocenters. The summed E-state index contributed by atoms with van der Waals surface area (Å²) in [6, 6.07) is 3.83. The van der Waals surface area contributed by atoms with Crippen LogP contribution in [0.4, 0.5) is 8.78 Å². The zero-order valence-electron chi connectivity index (χ0n) is 11.5. The molecule has 0 aliphatic carbocycles. The fraction of sp³-hybridized carbons (Fsp3) is 0.500. The summed E-state index contributed by atoms with van der Waals surface area (Å²) in [6.45, 7) is 5.84. The molecule has 1 fully saturated rings. The predicted molar refractivity (Wildman–Crippen MR) is 79.5 cm³/mol. The van der Waals surface area contributed by atoms with Gasteiger partial charge in [0.2, 0.25) is 0 Å². The maximum atomic E-state index is 13.6. The summed E-state index contributed by atoms with van der Waals surface area (Å²) in [5.41, 5.74) is 6.18. The van der Waals surface area contributed by atoms with Gasteiger partial charge in [0.25, 0.3) is 0 Å². The van der Waals surface area contributed by atoms with E-state index >= 15 is 0 Å². The van der Waals surface area contributed by atoms with E-state index in [2.05, 4.69) is 9.80 Å². The van der Waals surface area contributed by atoms with Gasteiger partial charge in [-0.05, 0) is 13.0 Å².